The van der Waals surface area contributed by atoms with Crippen molar-refractivity contribution in [1.82, 2.24) is 10.2 Å². The van der Waals surface area contributed by atoms with Gasteiger partial charge in [0.15, 0.2) is 0 Å². The number of carbonyl (C=O) groups excluding carboxylic acids is 1. The SMILES string of the molecule is CCCCCCCCC(CCCCCCCC)CCCCCC1CN(CCCCCO)CC(CCCCCOC(=O)C(CCCCCCCC)CCCCCCCC)N1.O=CO. The van der Waals surface area contributed by atoms with Crippen LogP contribution in [0.1, 0.15) is 285 Å². The van der Waals surface area contributed by atoms with Gasteiger partial charge in [-0.2, -0.15) is 0 Å². The van der Waals surface area contributed by atoms with E-state index >= 15 is 0 Å². The fourth-order valence-electron chi connectivity index (χ4n) is 9.84. The molecule has 0 aromatic heterocycles. The standard InChI is InChI=1S/C54H108N2O3.CH2O2/c1-5-9-13-17-21-28-38-50(39-29-22-18-14-10-6-2)40-30-25-33-43-52-48-56(45-35-27-36-46-57)49-53(55-52)44-34-26-37-47-59-54(58)51(41-31-23-19-15-11-7-3)42-32-24-20-16-12-8-4;2-1-3/h50-53,55,57H,5-49H2,1-4H3;1H,(H,2,3). The van der Waals surface area contributed by atoms with Crippen LogP contribution in [0.3, 0.4) is 0 Å². The first kappa shape index (κ1) is 60.8. The molecule has 7 nitrogen and oxygen atoms in total. The van der Waals surface area contributed by atoms with Gasteiger partial charge in [-0.15, -0.1) is 0 Å². The Labute approximate surface area is 387 Å². The molecule has 3 N–H and O–H groups in total. The molecular weight excluding hydrogens is 769 g/mol. The highest BCUT2D eigenvalue weighted by molar-refractivity contribution is 5.72. The Morgan fingerprint density at radius 1 is 0.532 bits per heavy atom. The molecule has 0 saturated carbocycles. The van der Waals surface area contributed by atoms with Gasteiger partial charge in [0.25, 0.3) is 6.47 Å². The van der Waals surface area contributed by atoms with Gasteiger partial charge >= 0.3 is 5.97 Å². The molecule has 0 spiro atoms. The van der Waals surface area contributed by atoms with E-state index in [1.807, 2.05) is 0 Å². The van der Waals surface area contributed by atoms with Crippen LogP contribution in [0.4, 0.5) is 0 Å². The zero-order valence-corrected chi connectivity index (χ0v) is 42.3. The summed E-state index contributed by atoms with van der Waals surface area (Å²) in [7, 11) is 0. The molecule has 1 rings (SSSR count). The Morgan fingerprint density at radius 2 is 0.887 bits per heavy atom. The van der Waals surface area contributed by atoms with Crippen molar-refractivity contribution in [2.45, 2.75) is 297 Å². The van der Waals surface area contributed by atoms with Crippen LogP contribution in [-0.4, -0.2) is 72.5 Å². The minimum atomic E-state index is -0.250. The zero-order valence-electron chi connectivity index (χ0n) is 42.3. The second kappa shape index (κ2) is 49.3. The van der Waals surface area contributed by atoms with Crippen LogP contribution in [-0.2, 0) is 14.3 Å². The van der Waals surface area contributed by atoms with Crippen LogP contribution >= 0.6 is 0 Å². The Morgan fingerprint density at radius 3 is 1.31 bits per heavy atom. The van der Waals surface area contributed by atoms with Gasteiger partial charge in [0.2, 0.25) is 0 Å². The Hall–Kier alpha value is -1.18. The lowest BCUT2D eigenvalue weighted by Gasteiger charge is -2.39. The normalized spacial score (nSPS) is 15.6. The summed E-state index contributed by atoms with van der Waals surface area (Å²) >= 11 is 0. The van der Waals surface area contributed by atoms with Gasteiger partial charge < -0.3 is 25.2 Å². The molecule has 1 aliphatic rings. The number of nitrogens with one attached hydrogen (secondary N) is 1. The maximum absolute atomic E-state index is 13.2. The topological polar surface area (TPSA) is 99.1 Å². The first-order valence-corrected chi connectivity index (χ1v) is 27.8. The average Bonchev–Trinajstić information content (AvgIpc) is 3.27. The Bertz CT molecular complexity index is 873. The van der Waals surface area contributed by atoms with Gasteiger partial charge in [0.05, 0.1) is 12.5 Å². The second-order valence-electron chi connectivity index (χ2n) is 19.7. The second-order valence-corrected chi connectivity index (χ2v) is 19.7. The van der Waals surface area contributed by atoms with Crippen molar-refractivity contribution in [3.8, 4) is 0 Å². The molecule has 0 aromatic carbocycles. The van der Waals surface area contributed by atoms with Gasteiger partial charge in [-0.1, -0.05) is 233 Å². The summed E-state index contributed by atoms with van der Waals surface area (Å²) in [5.41, 5.74) is 0. The monoisotopic (exact) mass is 879 g/mol. The highest BCUT2D eigenvalue weighted by atomic mass is 16.5. The number of hydrogen-bond acceptors (Lipinski definition) is 6. The van der Waals surface area contributed by atoms with Crippen molar-refractivity contribution in [1.29, 1.82) is 0 Å². The van der Waals surface area contributed by atoms with E-state index < -0.39 is 0 Å². The van der Waals surface area contributed by atoms with Crippen LogP contribution in [0.25, 0.3) is 0 Å². The average molecular weight is 879 g/mol. The van der Waals surface area contributed by atoms with E-state index in [4.69, 9.17) is 14.6 Å². The lowest BCUT2D eigenvalue weighted by Crippen LogP contribution is -2.56. The molecule has 1 aliphatic heterocycles. The van der Waals surface area contributed by atoms with Gasteiger partial charge in [-0.05, 0) is 63.8 Å². The molecule has 1 heterocycles. The summed E-state index contributed by atoms with van der Waals surface area (Å²) < 4.78 is 5.96. The molecule has 0 aliphatic carbocycles. The summed E-state index contributed by atoms with van der Waals surface area (Å²) in [5.74, 6) is 1.15. The molecule has 62 heavy (non-hydrogen) atoms. The summed E-state index contributed by atoms with van der Waals surface area (Å²) in [4.78, 5) is 24.3. The van der Waals surface area contributed by atoms with Crippen molar-refractivity contribution >= 4 is 12.4 Å². The number of nitrogens with zero attached hydrogens (tertiary/aromatic N) is 1. The molecule has 1 fully saturated rings. The number of carboxylic acid groups (broad SMARTS) is 1. The molecule has 0 amide bonds. The molecule has 0 bridgehead atoms. The third kappa shape index (κ3) is 40.3. The number of ether oxygens (including phenoxy) is 1. The minimum Gasteiger partial charge on any atom is -0.483 e. The number of rotatable bonds is 46. The lowest BCUT2D eigenvalue weighted by atomic mass is 9.89. The summed E-state index contributed by atoms with van der Waals surface area (Å²) in [6.07, 6.45) is 52.2. The van der Waals surface area contributed by atoms with Crippen LogP contribution < -0.4 is 5.32 Å². The predicted octanol–water partition coefficient (Wildman–Crippen LogP) is 15.8. The predicted molar refractivity (Wildman–Crippen MR) is 268 cm³/mol. The highest BCUT2D eigenvalue weighted by Crippen LogP contribution is 2.26. The summed E-state index contributed by atoms with van der Waals surface area (Å²) in [6.45, 7) is 13.4. The van der Waals surface area contributed by atoms with E-state index in [1.165, 1.54) is 231 Å². The molecule has 7 heteroatoms. The Kier molecular flexibility index (Phi) is 48.3. The Balaban J connectivity index is 0.0000120. The molecule has 2 atom stereocenters. The van der Waals surface area contributed by atoms with E-state index in [2.05, 4.69) is 37.9 Å². The quantitative estimate of drug-likeness (QED) is 0.0318. The number of carbonyl (C=O) groups is 2. The molecule has 2 unspecified atom stereocenters. The van der Waals surface area contributed by atoms with Crippen LogP contribution in [0, 0.1) is 11.8 Å². The number of piperazine rings is 1. The molecule has 1 saturated heterocycles. The number of aliphatic hydroxyl groups excluding tert-OH is 1. The van der Waals surface area contributed by atoms with E-state index in [0.717, 1.165) is 51.0 Å². The van der Waals surface area contributed by atoms with Crippen LogP contribution in [0.2, 0.25) is 0 Å². The number of esters is 1. The summed E-state index contributed by atoms with van der Waals surface area (Å²) in [6, 6.07) is 1.16. The third-order valence-corrected chi connectivity index (χ3v) is 13.7. The van der Waals surface area contributed by atoms with Crippen molar-refractivity contribution in [2.24, 2.45) is 11.8 Å². The van der Waals surface area contributed by atoms with Crippen LogP contribution in [0.5, 0.6) is 0 Å². The summed E-state index contributed by atoms with van der Waals surface area (Å²) in [5, 5.41) is 20.3. The van der Waals surface area contributed by atoms with Gasteiger partial charge in [-0.25, -0.2) is 0 Å². The van der Waals surface area contributed by atoms with Gasteiger partial charge in [0.1, 0.15) is 0 Å². The lowest BCUT2D eigenvalue weighted by molar-refractivity contribution is -0.149. The van der Waals surface area contributed by atoms with Crippen molar-refractivity contribution in [2.75, 3.05) is 32.8 Å². The van der Waals surface area contributed by atoms with Crippen molar-refractivity contribution < 1.29 is 24.5 Å². The number of unbranched alkanes of at least 4 members (excludes halogenated alkanes) is 26. The maximum Gasteiger partial charge on any atom is 0.308 e. The fraction of sp³-hybridized carbons (Fsp3) is 0.964. The van der Waals surface area contributed by atoms with Crippen LogP contribution in [0.15, 0.2) is 0 Å². The largest absolute Gasteiger partial charge is 0.483 e. The molecular formula is C55H110N2O5. The fourth-order valence-corrected chi connectivity index (χ4v) is 9.84. The molecule has 370 valence electrons. The maximum atomic E-state index is 13.2. The number of aliphatic hydroxyl groups is 1. The first-order chi connectivity index (χ1) is 30.5. The minimum absolute atomic E-state index is 0.0897. The zero-order chi connectivity index (χ0) is 45.4. The van der Waals surface area contributed by atoms with Crippen molar-refractivity contribution in [3.63, 3.8) is 0 Å². The van der Waals surface area contributed by atoms with Crippen molar-refractivity contribution in [3.05, 3.63) is 0 Å². The molecule has 0 radical (unpaired) electrons. The molecule has 0 aromatic rings. The smallest absolute Gasteiger partial charge is 0.308 e. The van der Waals surface area contributed by atoms with Gasteiger partial charge in [-0.3, -0.25) is 9.59 Å². The van der Waals surface area contributed by atoms with E-state index in [0.29, 0.717) is 25.3 Å². The van der Waals surface area contributed by atoms with E-state index in [1.54, 1.807) is 0 Å². The number of hydrogen-bond donors (Lipinski definition) is 3. The third-order valence-electron chi connectivity index (χ3n) is 13.7. The van der Waals surface area contributed by atoms with Gasteiger partial charge in [0, 0.05) is 31.8 Å². The highest BCUT2D eigenvalue weighted by Gasteiger charge is 2.26. The first-order valence-electron chi connectivity index (χ1n) is 27.8. The van der Waals surface area contributed by atoms with E-state index in [9.17, 15) is 9.90 Å². The van der Waals surface area contributed by atoms with E-state index in [-0.39, 0.29) is 18.4 Å².